The Morgan fingerprint density at radius 2 is 1.65 bits per heavy atom. The van der Waals surface area contributed by atoms with Crippen LogP contribution in [0.3, 0.4) is 0 Å². The van der Waals surface area contributed by atoms with Crippen molar-refractivity contribution in [3.63, 3.8) is 0 Å². The van der Waals surface area contributed by atoms with Crippen molar-refractivity contribution in [1.29, 1.82) is 0 Å². The Labute approximate surface area is 191 Å². The maximum atomic E-state index is 12.6. The number of rotatable bonds is 6. The van der Waals surface area contributed by atoms with Crippen molar-refractivity contribution in [2.45, 2.75) is 25.3 Å². The molecule has 1 N–H and O–H groups in total. The van der Waals surface area contributed by atoms with Crippen molar-refractivity contribution < 1.29 is 9.59 Å². The van der Waals surface area contributed by atoms with Crippen LogP contribution >= 0.6 is 23.4 Å². The van der Waals surface area contributed by atoms with Crippen LogP contribution in [0.25, 0.3) is 0 Å². The lowest BCUT2D eigenvalue weighted by Gasteiger charge is -2.24. The van der Waals surface area contributed by atoms with E-state index in [0.29, 0.717) is 22.9 Å². The van der Waals surface area contributed by atoms with E-state index in [0.717, 1.165) is 23.2 Å². The number of halogens is 1. The number of amides is 2. The predicted molar refractivity (Wildman–Crippen MR) is 127 cm³/mol. The smallest absolute Gasteiger partial charge is 0.255 e. The number of aryl methyl sites for hydroxylation is 1. The summed E-state index contributed by atoms with van der Waals surface area (Å²) in [6.45, 7) is 2.63. The van der Waals surface area contributed by atoms with E-state index < -0.39 is 0 Å². The Morgan fingerprint density at radius 1 is 1.00 bits per heavy atom. The number of carbonyl (C=O) groups is 2. The van der Waals surface area contributed by atoms with Gasteiger partial charge >= 0.3 is 0 Å². The van der Waals surface area contributed by atoms with E-state index in [9.17, 15) is 9.59 Å². The minimum Gasteiger partial charge on any atom is -0.322 e. The highest BCUT2D eigenvalue weighted by Crippen LogP contribution is 2.39. The summed E-state index contributed by atoms with van der Waals surface area (Å²) >= 11 is 7.57. The average molecular weight is 451 g/mol. The van der Waals surface area contributed by atoms with Gasteiger partial charge in [-0.3, -0.25) is 9.59 Å². The molecule has 4 nitrogen and oxygen atoms in total. The van der Waals surface area contributed by atoms with Crippen molar-refractivity contribution >= 4 is 40.9 Å². The molecule has 3 aromatic carbocycles. The fourth-order valence-electron chi connectivity index (χ4n) is 3.51. The Balaban J connectivity index is 1.45. The molecule has 2 amide bonds. The van der Waals surface area contributed by atoms with Gasteiger partial charge in [0.05, 0.1) is 5.75 Å². The monoisotopic (exact) mass is 450 g/mol. The van der Waals surface area contributed by atoms with Crippen molar-refractivity contribution in [2.24, 2.45) is 0 Å². The molecule has 1 aliphatic heterocycles. The van der Waals surface area contributed by atoms with Crippen LogP contribution in [0, 0.1) is 0 Å². The molecule has 0 saturated carbocycles. The molecular formula is C25H23ClN2O2S. The highest BCUT2D eigenvalue weighted by Gasteiger charge is 2.32. The van der Waals surface area contributed by atoms with Crippen LogP contribution in [-0.4, -0.2) is 22.5 Å². The van der Waals surface area contributed by atoms with Gasteiger partial charge in [0.1, 0.15) is 5.37 Å². The van der Waals surface area contributed by atoms with E-state index in [-0.39, 0.29) is 17.2 Å². The minimum absolute atomic E-state index is 0.0677. The molecule has 3 aromatic rings. The van der Waals surface area contributed by atoms with Gasteiger partial charge in [-0.15, -0.1) is 11.8 Å². The summed E-state index contributed by atoms with van der Waals surface area (Å²) < 4.78 is 0. The summed E-state index contributed by atoms with van der Waals surface area (Å²) in [7, 11) is 0. The van der Waals surface area contributed by atoms with Crippen LogP contribution in [0.2, 0.25) is 5.02 Å². The van der Waals surface area contributed by atoms with Gasteiger partial charge in [-0.2, -0.15) is 0 Å². The van der Waals surface area contributed by atoms with Crippen LogP contribution in [0.4, 0.5) is 5.69 Å². The van der Waals surface area contributed by atoms with Crippen LogP contribution in [0.5, 0.6) is 0 Å². The molecule has 0 radical (unpaired) electrons. The van der Waals surface area contributed by atoms with Crippen molar-refractivity contribution in [1.82, 2.24) is 4.90 Å². The van der Waals surface area contributed by atoms with Gasteiger partial charge in [-0.05, 0) is 59.5 Å². The molecule has 6 heteroatoms. The summed E-state index contributed by atoms with van der Waals surface area (Å²) in [5, 5.41) is 3.54. The molecule has 158 valence electrons. The van der Waals surface area contributed by atoms with Gasteiger partial charge in [0.2, 0.25) is 5.91 Å². The number of nitrogens with one attached hydrogen (secondary N) is 1. The van der Waals surface area contributed by atoms with Crippen molar-refractivity contribution in [2.75, 3.05) is 11.1 Å². The van der Waals surface area contributed by atoms with E-state index in [1.54, 1.807) is 11.8 Å². The van der Waals surface area contributed by atoms with Crippen molar-refractivity contribution in [3.8, 4) is 0 Å². The molecule has 31 heavy (non-hydrogen) atoms. The molecule has 0 bridgehead atoms. The molecule has 1 atom stereocenters. The Hall–Kier alpha value is -2.76. The van der Waals surface area contributed by atoms with Gasteiger partial charge in [0.25, 0.3) is 5.91 Å². The molecule has 0 aromatic heterocycles. The first-order valence-electron chi connectivity index (χ1n) is 10.2. The molecule has 0 unspecified atom stereocenters. The SMILES string of the molecule is CCc1ccc(NC(=O)c2ccc([C@@H]3SCC(=O)N3Cc3ccc(Cl)cc3)cc2)cc1. The van der Waals surface area contributed by atoms with Crippen LogP contribution in [0.15, 0.2) is 72.8 Å². The number of hydrogen-bond acceptors (Lipinski definition) is 3. The molecule has 1 fully saturated rings. The van der Waals surface area contributed by atoms with E-state index >= 15 is 0 Å². The summed E-state index contributed by atoms with van der Waals surface area (Å²) in [5.74, 6) is 0.417. The standard InChI is InChI=1S/C25H23ClN2O2S/c1-2-17-5-13-22(14-6-17)27-24(30)19-7-9-20(10-8-19)25-28(23(29)16-31-25)15-18-3-11-21(26)12-4-18/h3-14,25H,2,15-16H2,1H3,(H,27,30)/t25-/m0/s1. The minimum atomic E-state index is -0.149. The number of benzene rings is 3. The third-order valence-electron chi connectivity index (χ3n) is 5.31. The third kappa shape index (κ3) is 5.12. The number of carbonyl (C=O) groups excluding carboxylic acids is 2. The molecule has 4 rings (SSSR count). The molecule has 1 saturated heterocycles. The van der Waals surface area contributed by atoms with Gasteiger partial charge < -0.3 is 10.2 Å². The number of thioether (sulfide) groups is 1. The van der Waals surface area contributed by atoms with Gasteiger partial charge in [0, 0.05) is 22.8 Å². The number of nitrogens with zero attached hydrogens (tertiary/aromatic N) is 1. The number of hydrogen-bond donors (Lipinski definition) is 1. The first kappa shape index (κ1) is 21.5. The zero-order valence-corrected chi connectivity index (χ0v) is 18.7. The molecule has 0 spiro atoms. The fraction of sp³-hybridized carbons (Fsp3) is 0.200. The van der Waals surface area contributed by atoms with Crippen LogP contribution in [-0.2, 0) is 17.8 Å². The molecule has 0 aliphatic carbocycles. The number of anilines is 1. The van der Waals surface area contributed by atoms with Crippen LogP contribution < -0.4 is 5.32 Å². The summed E-state index contributed by atoms with van der Waals surface area (Å²) in [6.07, 6.45) is 0.965. The average Bonchev–Trinajstić information content (AvgIpc) is 3.16. The van der Waals surface area contributed by atoms with Gasteiger partial charge in [0.15, 0.2) is 0 Å². The van der Waals surface area contributed by atoms with Crippen molar-refractivity contribution in [3.05, 3.63) is 100 Å². The third-order valence-corrected chi connectivity index (χ3v) is 6.82. The largest absolute Gasteiger partial charge is 0.322 e. The maximum Gasteiger partial charge on any atom is 0.255 e. The zero-order valence-electron chi connectivity index (χ0n) is 17.2. The fourth-order valence-corrected chi connectivity index (χ4v) is 4.83. The quantitative estimate of drug-likeness (QED) is 0.506. The highest BCUT2D eigenvalue weighted by molar-refractivity contribution is 8.00. The predicted octanol–water partition coefficient (Wildman–Crippen LogP) is 5.93. The topological polar surface area (TPSA) is 49.4 Å². The van der Waals surface area contributed by atoms with E-state index in [1.165, 1.54) is 5.56 Å². The summed E-state index contributed by atoms with van der Waals surface area (Å²) in [5.41, 5.74) is 4.64. The maximum absolute atomic E-state index is 12.6. The lowest BCUT2D eigenvalue weighted by atomic mass is 10.1. The molecular weight excluding hydrogens is 428 g/mol. The Morgan fingerprint density at radius 3 is 2.29 bits per heavy atom. The second-order valence-corrected chi connectivity index (χ2v) is 8.94. The summed E-state index contributed by atoms with van der Waals surface area (Å²) in [6, 6.07) is 22.9. The highest BCUT2D eigenvalue weighted by atomic mass is 35.5. The zero-order chi connectivity index (χ0) is 21.8. The lowest BCUT2D eigenvalue weighted by Crippen LogP contribution is -2.27. The Kier molecular flexibility index (Phi) is 6.64. The first-order chi connectivity index (χ1) is 15.0. The van der Waals surface area contributed by atoms with Gasteiger partial charge in [-0.25, -0.2) is 0 Å². The van der Waals surface area contributed by atoms with Crippen LogP contribution in [0.1, 0.15) is 39.3 Å². The second-order valence-electron chi connectivity index (χ2n) is 7.44. The van der Waals surface area contributed by atoms with E-state index in [4.69, 9.17) is 11.6 Å². The molecule has 1 aliphatic rings. The van der Waals surface area contributed by atoms with E-state index in [1.807, 2.05) is 77.7 Å². The Bertz CT molecular complexity index is 1070. The second kappa shape index (κ2) is 9.58. The first-order valence-corrected chi connectivity index (χ1v) is 11.6. The summed E-state index contributed by atoms with van der Waals surface area (Å²) in [4.78, 5) is 26.9. The molecule has 1 heterocycles. The lowest BCUT2D eigenvalue weighted by molar-refractivity contribution is -0.128. The normalized spacial score (nSPS) is 15.9. The van der Waals surface area contributed by atoms with E-state index in [2.05, 4.69) is 12.2 Å². The van der Waals surface area contributed by atoms with Gasteiger partial charge in [-0.1, -0.05) is 54.9 Å².